The number of hydrogen-bond donors (Lipinski definition) is 3. The van der Waals surface area contributed by atoms with E-state index >= 15 is 0 Å². The Morgan fingerprint density at radius 3 is 2.10 bits per heavy atom. The van der Waals surface area contributed by atoms with Crippen LogP contribution in [0.2, 0.25) is 0 Å². The van der Waals surface area contributed by atoms with Crippen LogP contribution in [0.3, 0.4) is 0 Å². The first-order valence-corrected chi connectivity index (χ1v) is 5.25. The molecule has 0 aliphatic rings. The number of H-pyrrole nitrogens is 3. The number of halogens is 5. The van der Waals surface area contributed by atoms with E-state index in [4.69, 9.17) is 0 Å². The molecule has 2 heterocycles. The average molecular weight is 292 g/mol. The normalized spacial score (nSPS) is 13.4. The van der Waals surface area contributed by atoms with Gasteiger partial charge in [-0.2, -0.15) is 22.0 Å². The minimum absolute atomic E-state index is 0.0355. The van der Waals surface area contributed by atoms with Crippen molar-refractivity contribution in [2.75, 3.05) is 0 Å². The predicted octanol–water partition coefficient (Wildman–Crippen LogP) is 2.39. The van der Waals surface area contributed by atoms with Crippen LogP contribution in [0.1, 0.15) is 5.82 Å². The lowest BCUT2D eigenvalue weighted by Crippen LogP contribution is -2.34. The molecule has 3 N–H and O–H groups in total. The Labute approximate surface area is 105 Å². The summed E-state index contributed by atoms with van der Waals surface area (Å²) in [5, 5.41) is 0. The molecule has 0 unspecified atom stereocenters. The molecule has 0 saturated heterocycles. The number of hydrogen-bond acceptors (Lipinski definition) is 2. The second-order valence-electron chi connectivity index (χ2n) is 4.15. The highest BCUT2D eigenvalue weighted by molar-refractivity contribution is 5.91. The van der Waals surface area contributed by atoms with Gasteiger partial charge in [-0.15, -0.1) is 0 Å². The molecule has 20 heavy (non-hydrogen) atoms. The van der Waals surface area contributed by atoms with E-state index < -0.39 is 23.6 Å². The number of rotatable bonds is 1. The monoisotopic (exact) mass is 292 g/mol. The van der Waals surface area contributed by atoms with Gasteiger partial charge in [-0.25, -0.2) is 9.78 Å². The molecule has 0 bridgehead atoms. The van der Waals surface area contributed by atoms with Gasteiger partial charge < -0.3 is 15.0 Å². The van der Waals surface area contributed by atoms with E-state index in [-0.39, 0.29) is 22.1 Å². The average Bonchev–Trinajstić information content (AvgIpc) is 2.85. The number of alkyl halides is 5. The summed E-state index contributed by atoms with van der Waals surface area (Å²) < 4.78 is 63.1. The maximum absolute atomic E-state index is 13.2. The summed E-state index contributed by atoms with van der Waals surface area (Å²) in [4.78, 5) is 20.9. The molecule has 2 aromatic heterocycles. The first kappa shape index (κ1) is 12.6. The molecule has 0 saturated carbocycles. The van der Waals surface area contributed by atoms with Crippen LogP contribution in [0.4, 0.5) is 22.0 Å². The van der Waals surface area contributed by atoms with Crippen LogP contribution in [0.15, 0.2) is 16.9 Å². The lowest BCUT2D eigenvalue weighted by molar-refractivity contribution is -0.292. The van der Waals surface area contributed by atoms with Gasteiger partial charge in [0, 0.05) is 0 Å². The Hall–Kier alpha value is -2.39. The molecule has 0 radical (unpaired) electrons. The largest absolute Gasteiger partial charge is 0.461 e. The lowest BCUT2D eigenvalue weighted by atomic mass is 10.3. The first-order valence-electron chi connectivity index (χ1n) is 5.25. The van der Waals surface area contributed by atoms with Gasteiger partial charge in [-0.3, -0.25) is 0 Å². The topological polar surface area (TPSA) is 77.3 Å². The van der Waals surface area contributed by atoms with Gasteiger partial charge in [-0.05, 0) is 12.1 Å². The quantitative estimate of drug-likeness (QED) is 0.602. The number of nitrogens with one attached hydrogen (secondary N) is 3. The van der Waals surface area contributed by atoms with Crippen molar-refractivity contribution in [2.45, 2.75) is 12.1 Å². The highest BCUT2D eigenvalue weighted by Crippen LogP contribution is 2.43. The molecular formula is C10H5F5N4O. The molecule has 0 atom stereocenters. The van der Waals surface area contributed by atoms with Crippen molar-refractivity contribution in [3.63, 3.8) is 0 Å². The van der Waals surface area contributed by atoms with Gasteiger partial charge in [0.15, 0.2) is 5.82 Å². The molecule has 106 valence electrons. The van der Waals surface area contributed by atoms with E-state index in [2.05, 4.69) is 15.0 Å². The maximum atomic E-state index is 13.2. The van der Waals surface area contributed by atoms with E-state index in [0.29, 0.717) is 0 Å². The standard InChI is InChI=1S/C10H5F5N4O/c11-9(12,10(13,14)15)7-16-3-1-5-6(2-4(3)17-7)19-8(20)18-5/h1-2H,(H,16,17)(H2,18,19,20). The van der Waals surface area contributed by atoms with Crippen molar-refractivity contribution < 1.29 is 22.0 Å². The highest BCUT2D eigenvalue weighted by atomic mass is 19.4. The second kappa shape index (κ2) is 3.58. The van der Waals surface area contributed by atoms with Gasteiger partial charge in [0.25, 0.3) is 0 Å². The summed E-state index contributed by atoms with van der Waals surface area (Å²) in [6.45, 7) is 0. The van der Waals surface area contributed by atoms with Crippen LogP contribution >= 0.6 is 0 Å². The third kappa shape index (κ3) is 1.67. The smallest absolute Gasteiger partial charge is 0.337 e. The molecule has 0 aliphatic carbocycles. The Morgan fingerprint density at radius 1 is 0.900 bits per heavy atom. The van der Waals surface area contributed by atoms with Gasteiger partial charge in [0.05, 0.1) is 22.1 Å². The van der Waals surface area contributed by atoms with Crippen molar-refractivity contribution in [2.24, 2.45) is 0 Å². The minimum atomic E-state index is -5.74. The summed E-state index contributed by atoms with van der Waals surface area (Å²) in [6.07, 6.45) is -5.74. The van der Waals surface area contributed by atoms with Crippen LogP contribution in [0.25, 0.3) is 22.1 Å². The summed E-state index contributed by atoms with van der Waals surface area (Å²) in [5.74, 6) is -6.57. The predicted molar refractivity (Wildman–Crippen MR) is 58.5 cm³/mol. The van der Waals surface area contributed by atoms with Crippen molar-refractivity contribution in [1.82, 2.24) is 19.9 Å². The minimum Gasteiger partial charge on any atom is -0.337 e. The van der Waals surface area contributed by atoms with Gasteiger partial charge in [0.1, 0.15) is 0 Å². The summed E-state index contributed by atoms with van der Waals surface area (Å²) in [7, 11) is 0. The van der Waals surface area contributed by atoms with Gasteiger partial charge >= 0.3 is 17.8 Å². The van der Waals surface area contributed by atoms with E-state index in [0.717, 1.165) is 0 Å². The molecule has 0 amide bonds. The summed E-state index contributed by atoms with van der Waals surface area (Å²) in [6, 6.07) is 2.43. The van der Waals surface area contributed by atoms with Crippen LogP contribution < -0.4 is 5.69 Å². The van der Waals surface area contributed by atoms with Crippen molar-refractivity contribution >= 4 is 22.1 Å². The number of aromatic nitrogens is 4. The molecule has 10 heteroatoms. The van der Waals surface area contributed by atoms with Crippen LogP contribution in [0.5, 0.6) is 0 Å². The van der Waals surface area contributed by atoms with E-state index in [1.54, 1.807) is 0 Å². The van der Waals surface area contributed by atoms with E-state index in [1.165, 1.54) is 12.1 Å². The summed E-state index contributed by atoms with van der Waals surface area (Å²) in [5.41, 5.74) is -0.129. The zero-order chi connectivity index (χ0) is 14.7. The number of nitrogens with zero attached hydrogens (tertiary/aromatic N) is 1. The molecule has 0 aliphatic heterocycles. The third-order valence-corrected chi connectivity index (χ3v) is 2.77. The second-order valence-corrected chi connectivity index (χ2v) is 4.15. The van der Waals surface area contributed by atoms with Crippen molar-refractivity contribution in [3.05, 3.63) is 28.4 Å². The van der Waals surface area contributed by atoms with Crippen molar-refractivity contribution in [1.29, 1.82) is 0 Å². The highest BCUT2D eigenvalue weighted by Gasteiger charge is 2.61. The molecule has 0 spiro atoms. The van der Waals surface area contributed by atoms with Crippen LogP contribution in [-0.2, 0) is 5.92 Å². The van der Waals surface area contributed by atoms with Crippen molar-refractivity contribution in [3.8, 4) is 0 Å². The van der Waals surface area contributed by atoms with E-state index in [9.17, 15) is 26.7 Å². The Bertz CT molecular complexity index is 802. The molecule has 0 fully saturated rings. The molecule has 5 nitrogen and oxygen atoms in total. The molecular weight excluding hydrogens is 287 g/mol. The molecule has 3 aromatic rings. The van der Waals surface area contributed by atoms with Gasteiger partial charge in [-0.1, -0.05) is 0 Å². The SMILES string of the molecule is O=c1[nH]c2cc3nc(C(F)(F)C(F)(F)F)[nH]c3cc2[nH]1. The fraction of sp³-hybridized carbons (Fsp3) is 0.200. The van der Waals surface area contributed by atoms with Gasteiger partial charge in [0.2, 0.25) is 0 Å². The number of imidazole rings is 2. The number of aromatic amines is 3. The summed E-state index contributed by atoms with van der Waals surface area (Å²) >= 11 is 0. The number of fused-ring (bicyclic) bond motifs is 2. The zero-order valence-electron chi connectivity index (χ0n) is 9.40. The molecule has 3 rings (SSSR count). The maximum Gasteiger partial charge on any atom is 0.461 e. The van der Waals surface area contributed by atoms with Crippen LogP contribution in [-0.4, -0.2) is 26.1 Å². The first-order chi connectivity index (χ1) is 9.18. The van der Waals surface area contributed by atoms with Crippen LogP contribution in [0, 0.1) is 0 Å². The van der Waals surface area contributed by atoms with E-state index in [1.807, 2.05) is 4.98 Å². The Balaban J connectivity index is 2.23. The zero-order valence-corrected chi connectivity index (χ0v) is 9.40. The fourth-order valence-electron chi connectivity index (χ4n) is 1.82. The lowest BCUT2D eigenvalue weighted by Gasteiger charge is -2.16. The fourth-order valence-corrected chi connectivity index (χ4v) is 1.82. The Kier molecular flexibility index (Phi) is 2.26. The Morgan fingerprint density at radius 2 is 1.50 bits per heavy atom. The third-order valence-electron chi connectivity index (χ3n) is 2.77. The number of benzene rings is 1. The molecule has 1 aromatic carbocycles.